The molecule has 0 aromatic carbocycles. The van der Waals surface area contributed by atoms with E-state index in [9.17, 15) is 4.79 Å². The van der Waals surface area contributed by atoms with Crippen molar-refractivity contribution in [2.75, 3.05) is 26.3 Å². The second-order valence-electron chi connectivity index (χ2n) is 7.22. The van der Waals surface area contributed by atoms with Gasteiger partial charge in [-0.15, -0.1) is 0 Å². The third-order valence-electron chi connectivity index (χ3n) is 5.11. The molecule has 2 saturated heterocycles. The molecule has 0 radical (unpaired) electrons. The Morgan fingerprint density at radius 1 is 1.39 bits per heavy atom. The fourth-order valence-corrected chi connectivity index (χ4v) is 3.97. The first kappa shape index (κ1) is 16.4. The van der Waals surface area contributed by atoms with Gasteiger partial charge in [0.25, 0.3) is 0 Å². The van der Waals surface area contributed by atoms with E-state index in [0.717, 1.165) is 45.7 Å². The van der Waals surface area contributed by atoms with Gasteiger partial charge in [0.05, 0.1) is 5.92 Å². The smallest absolute Gasteiger partial charge is 0.225 e. The highest BCUT2D eigenvalue weighted by Crippen LogP contribution is 2.44. The van der Waals surface area contributed by atoms with Crippen molar-refractivity contribution in [3.05, 3.63) is 30.1 Å². The van der Waals surface area contributed by atoms with Gasteiger partial charge in [0.2, 0.25) is 5.91 Å². The topological polar surface area (TPSA) is 54.5 Å². The van der Waals surface area contributed by atoms with Gasteiger partial charge in [-0.3, -0.25) is 14.7 Å². The maximum absolute atomic E-state index is 12.7. The average molecular weight is 317 g/mol. The van der Waals surface area contributed by atoms with Crippen LogP contribution in [0.5, 0.6) is 0 Å². The lowest BCUT2D eigenvalue weighted by Crippen LogP contribution is -2.46. The van der Waals surface area contributed by atoms with E-state index >= 15 is 0 Å². The number of hydrogen-bond donors (Lipinski definition) is 1. The molecule has 23 heavy (non-hydrogen) atoms. The number of ether oxygens (including phenoxy) is 1. The molecule has 2 fully saturated rings. The summed E-state index contributed by atoms with van der Waals surface area (Å²) in [6.45, 7) is 8.30. The first-order chi connectivity index (χ1) is 11.1. The van der Waals surface area contributed by atoms with Gasteiger partial charge >= 0.3 is 0 Å². The summed E-state index contributed by atoms with van der Waals surface area (Å²) < 4.78 is 5.56. The van der Waals surface area contributed by atoms with Crippen LogP contribution in [0.25, 0.3) is 0 Å². The zero-order valence-electron chi connectivity index (χ0n) is 14.1. The van der Waals surface area contributed by atoms with E-state index in [0.29, 0.717) is 0 Å². The van der Waals surface area contributed by atoms with Crippen LogP contribution in [-0.4, -0.2) is 48.1 Å². The molecule has 3 rings (SSSR count). The molecular formula is C18H27N3O2. The summed E-state index contributed by atoms with van der Waals surface area (Å²) in [4.78, 5) is 19.2. The molecule has 0 aliphatic carbocycles. The molecule has 0 saturated carbocycles. The van der Waals surface area contributed by atoms with Crippen LogP contribution < -0.4 is 5.32 Å². The molecule has 1 spiro atoms. The second-order valence-corrected chi connectivity index (χ2v) is 7.22. The first-order valence-electron chi connectivity index (χ1n) is 8.58. The van der Waals surface area contributed by atoms with Gasteiger partial charge in [-0.2, -0.15) is 0 Å². The summed E-state index contributed by atoms with van der Waals surface area (Å²) in [5, 5.41) is 3.12. The van der Waals surface area contributed by atoms with Crippen LogP contribution in [0.4, 0.5) is 0 Å². The van der Waals surface area contributed by atoms with Crippen LogP contribution in [0, 0.1) is 11.3 Å². The monoisotopic (exact) mass is 317 g/mol. The van der Waals surface area contributed by atoms with E-state index in [4.69, 9.17) is 4.74 Å². The number of rotatable bonds is 4. The molecule has 1 N–H and O–H groups in total. The fraction of sp³-hybridized carbons (Fsp3) is 0.667. The van der Waals surface area contributed by atoms with Gasteiger partial charge in [-0.1, -0.05) is 0 Å². The first-order valence-corrected chi connectivity index (χ1v) is 8.58. The Bertz CT molecular complexity index is 526. The van der Waals surface area contributed by atoms with Gasteiger partial charge in [-0.25, -0.2) is 0 Å². The maximum atomic E-state index is 12.7. The van der Waals surface area contributed by atoms with Gasteiger partial charge < -0.3 is 10.1 Å². The molecule has 5 nitrogen and oxygen atoms in total. The standard InChI is InChI=1S/C18H27N3O2/c1-14(2)20-17(22)16-12-21(11-15-3-7-19-8-4-15)13-18(16)5-9-23-10-6-18/h3-4,7-8,14,16H,5-6,9-13H2,1-2H3,(H,20,22)/t16-/m0/s1. The third-order valence-corrected chi connectivity index (χ3v) is 5.11. The minimum atomic E-state index is 0.0654. The largest absolute Gasteiger partial charge is 0.381 e. The molecule has 2 aliphatic rings. The molecule has 1 aromatic heterocycles. The molecular weight excluding hydrogens is 290 g/mol. The molecule has 1 aromatic rings. The zero-order valence-corrected chi connectivity index (χ0v) is 14.1. The predicted molar refractivity (Wildman–Crippen MR) is 88.8 cm³/mol. The van der Waals surface area contributed by atoms with Gasteiger partial charge in [-0.05, 0) is 44.4 Å². The summed E-state index contributed by atoms with van der Waals surface area (Å²) in [6, 6.07) is 4.30. The number of pyridine rings is 1. The number of hydrogen-bond acceptors (Lipinski definition) is 4. The number of aromatic nitrogens is 1. The van der Waals surface area contributed by atoms with E-state index in [2.05, 4.69) is 27.3 Å². The van der Waals surface area contributed by atoms with E-state index in [1.807, 2.05) is 26.2 Å². The molecule has 126 valence electrons. The van der Waals surface area contributed by atoms with Crippen LogP contribution >= 0.6 is 0 Å². The normalized spacial score (nSPS) is 24.2. The van der Waals surface area contributed by atoms with Gasteiger partial charge in [0.1, 0.15) is 0 Å². The maximum Gasteiger partial charge on any atom is 0.225 e. The summed E-state index contributed by atoms with van der Waals surface area (Å²) in [6.07, 6.45) is 5.63. The Morgan fingerprint density at radius 2 is 2.09 bits per heavy atom. The van der Waals surface area contributed by atoms with Crippen molar-refractivity contribution in [3.8, 4) is 0 Å². The van der Waals surface area contributed by atoms with Crippen molar-refractivity contribution >= 4 is 5.91 Å². The van der Waals surface area contributed by atoms with Crippen molar-refractivity contribution in [1.29, 1.82) is 0 Å². The SMILES string of the molecule is CC(C)NC(=O)[C@@H]1CN(Cc2ccncc2)CC12CCOCC2. The van der Waals surface area contributed by atoms with E-state index in [-0.39, 0.29) is 23.3 Å². The Balaban J connectivity index is 1.74. The highest BCUT2D eigenvalue weighted by Gasteiger charge is 2.50. The molecule has 0 bridgehead atoms. The average Bonchev–Trinajstić information content (AvgIpc) is 2.86. The van der Waals surface area contributed by atoms with Crippen LogP contribution in [0.15, 0.2) is 24.5 Å². The number of likely N-dealkylation sites (tertiary alicyclic amines) is 1. The van der Waals surface area contributed by atoms with E-state index in [1.54, 1.807) is 0 Å². The molecule has 0 unspecified atom stereocenters. The Labute approximate surface area is 138 Å². The quantitative estimate of drug-likeness (QED) is 0.920. The third kappa shape index (κ3) is 3.72. The van der Waals surface area contributed by atoms with E-state index < -0.39 is 0 Å². The Kier molecular flexibility index (Phi) is 4.97. The van der Waals surface area contributed by atoms with E-state index in [1.165, 1.54) is 5.56 Å². The lowest BCUT2D eigenvalue weighted by molar-refractivity contribution is -0.130. The van der Waals surface area contributed by atoms with Gasteiger partial charge in [0, 0.05) is 56.7 Å². The Morgan fingerprint density at radius 3 is 2.74 bits per heavy atom. The zero-order chi connectivity index (χ0) is 16.3. The summed E-state index contributed by atoms with van der Waals surface area (Å²) in [5.41, 5.74) is 1.33. The lowest BCUT2D eigenvalue weighted by atomic mass is 9.71. The second kappa shape index (κ2) is 6.97. The molecule has 1 atom stereocenters. The lowest BCUT2D eigenvalue weighted by Gasteiger charge is -2.37. The van der Waals surface area contributed by atoms with Crippen LogP contribution in [-0.2, 0) is 16.1 Å². The van der Waals surface area contributed by atoms with Crippen molar-refractivity contribution in [2.24, 2.45) is 11.3 Å². The minimum Gasteiger partial charge on any atom is -0.381 e. The number of carbonyl (C=O) groups is 1. The van der Waals surface area contributed by atoms with Gasteiger partial charge in [0.15, 0.2) is 0 Å². The fourth-order valence-electron chi connectivity index (χ4n) is 3.97. The highest BCUT2D eigenvalue weighted by molar-refractivity contribution is 5.80. The predicted octanol–water partition coefficient (Wildman–Crippen LogP) is 1.83. The van der Waals surface area contributed by atoms with Crippen molar-refractivity contribution in [2.45, 2.75) is 39.3 Å². The van der Waals surface area contributed by atoms with Crippen molar-refractivity contribution in [1.82, 2.24) is 15.2 Å². The van der Waals surface area contributed by atoms with Crippen molar-refractivity contribution < 1.29 is 9.53 Å². The van der Waals surface area contributed by atoms with Crippen LogP contribution in [0.1, 0.15) is 32.3 Å². The van der Waals surface area contributed by atoms with Crippen LogP contribution in [0.2, 0.25) is 0 Å². The highest BCUT2D eigenvalue weighted by atomic mass is 16.5. The van der Waals surface area contributed by atoms with Crippen molar-refractivity contribution in [3.63, 3.8) is 0 Å². The summed E-state index contributed by atoms with van der Waals surface area (Å²) in [7, 11) is 0. The molecule has 5 heteroatoms. The number of nitrogens with one attached hydrogen (secondary N) is 1. The molecule has 2 aliphatic heterocycles. The Hall–Kier alpha value is -1.46. The minimum absolute atomic E-state index is 0.0654. The molecule has 1 amide bonds. The number of amides is 1. The number of carbonyl (C=O) groups excluding carboxylic acids is 1. The molecule has 3 heterocycles. The summed E-state index contributed by atoms with van der Waals surface area (Å²) in [5.74, 6) is 0.273. The van der Waals surface area contributed by atoms with Crippen LogP contribution in [0.3, 0.4) is 0 Å². The number of nitrogens with zero attached hydrogens (tertiary/aromatic N) is 2. The summed E-state index contributed by atoms with van der Waals surface area (Å²) >= 11 is 0.